The molecule has 6 rings (SSSR count). The number of carbonyl (C=O) groups excluding carboxylic acids is 4. The summed E-state index contributed by atoms with van der Waals surface area (Å²) in [4.78, 5) is 62.6. The molecule has 1 saturated carbocycles. The van der Waals surface area contributed by atoms with Crippen molar-refractivity contribution in [3.8, 4) is 5.75 Å². The predicted octanol–water partition coefficient (Wildman–Crippen LogP) is 3.63. The Morgan fingerprint density at radius 1 is 1.05 bits per heavy atom. The molecule has 0 bridgehead atoms. The molecule has 206 valence electrons. The Kier molecular flexibility index (Phi) is 5.66. The zero-order valence-electron chi connectivity index (χ0n) is 20.7. The second-order valence-corrected chi connectivity index (χ2v) is 11.7. The monoisotopic (exact) mass is 587 g/mol. The van der Waals surface area contributed by atoms with Gasteiger partial charge in [-0.05, 0) is 42.5 Å². The van der Waals surface area contributed by atoms with Crippen LogP contribution in [0.15, 0.2) is 54.1 Å². The summed E-state index contributed by atoms with van der Waals surface area (Å²) in [5.74, 6) is -8.26. The standard InChI is InChI=1S/C27H20Cl2FN3O7/c1-31-24(37)26(28)11-17-15(21(27(26,29)25(31)38)12-5-8-19(34)18(30)9-12)6-7-16-20(17)23(36)32(22(16)35)13-3-2-4-14(10-13)33(39)40/h2-6,8-10,16-17,20-21,34H,7,11H2,1H3/t16-,17+,20-,21-,26+,27-/m0/s1. The van der Waals surface area contributed by atoms with Gasteiger partial charge in [-0.2, -0.15) is 0 Å². The van der Waals surface area contributed by atoms with Crippen molar-refractivity contribution in [3.63, 3.8) is 0 Å². The number of phenolic OH excluding ortho intramolecular Hbond substituents is 1. The van der Waals surface area contributed by atoms with E-state index in [0.717, 1.165) is 28.0 Å². The number of nitrogens with zero attached hydrogens (tertiary/aromatic N) is 3. The van der Waals surface area contributed by atoms with Gasteiger partial charge in [0.05, 0.1) is 22.4 Å². The predicted molar refractivity (Wildman–Crippen MR) is 139 cm³/mol. The molecule has 3 fully saturated rings. The van der Waals surface area contributed by atoms with E-state index in [4.69, 9.17) is 23.2 Å². The number of rotatable bonds is 3. The average molecular weight is 588 g/mol. The van der Waals surface area contributed by atoms with Crippen molar-refractivity contribution in [1.29, 1.82) is 0 Å². The van der Waals surface area contributed by atoms with Gasteiger partial charge < -0.3 is 5.11 Å². The Labute approximate surface area is 236 Å². The van der Waals surface area contributed by atoms with Gasteiger partial charge in [-0.25, -0.2) is 9.29 Å². The van der Waals surface area contributed by atoms with Crippen LogP contribution in [0.4, 0.5) is 15.8 Å². The topological polar surface area (TPSA) is 138 Å². The highest BCUT2D eigenvalue weighted by Gasteiger charge is 2.75. The normalized spacial score (nSPS) is 33.0. The molecule has 0 aromatic heterocycles. The number of benzene rings is 2. The minimum absolute atomic E-state index is 0.0345. The number of aromatic hydroxyl groups is 1. The molecule has 10 nitrogen and oxygen atoms in total. The third kappa shape index (κ3) is 3.21. The summed E-state index contributed by atoms with van der Waals surface area (Å²) in [6.45, 7) is 0. The first-order valence-electron chi connectivity index (χ1n) is 12.3. The molecular weight excluding hydrogens is 568 g/mol. The first-order chi connectivity index (χ1) is 18.8. The fraction of sp³-hybridized carbons (Fsp3) is 0.333. The first-order valence-corrected chi connectivity index (χ1v) is 13.1. The van der Waals surface area contributed by atoms with Crippen LogP contribution in [-0.2, 0) is 19.2 Å². The van der Waals surface area contributed by atoms with Gasteiger partial charge in [0.15, 0.2) is 21.3 Å². The van der Waals surface area contributed by atoms with E-state index < -0.39 is 73.5 Å². The van der Waals surface area contributed by atoms with Crippen molar-refractivity contribution in [2.75, 3.05) is 11.9 Å². The molecule has 0 unspecified atom stereocenters. The molecule has 4 aliphatic rings. The molecular formula is C27H20Cl2FN3O7. The number of halogens is 3. The van der Waals surface area contributed by atoms with Gasteiger partial charge >= 0.3 is 0 Å². The quantitative estimate of drug-likeness (QED) is 0.190. The number of hydrogen-bond acceptors (Lipinski definition) is 7. The van der Waals surface area contributed by atoms with Crippen LogP contribution in [-0.4, -0.2) is 55.4 Å². The number of hydrogen-bond donors (Lipinski definition) is 1. The molecule has 2 aliphatic heterocycles. The zero-order valence-corrected chi connectivity index (χ0v) is 22.2. The third-order valence-corrected chi connectivity index (χ3v) is 10.0. The molecule has 4 amide bonds. The maximum absolute atomic E-state index is 14.6. The van der Waals surface area contributed by atoms with E-state index in [1.165, 1.54) is 31.3 Å². The first kappa shape index (κ1) is 26.4. The average Bonchev–Trinajstić information content (AvgIpc) is 3.25. The molecule has 2 aromatic rings. The van der Waals surface area contributed by atoms with Gasteiger partial charge in [0.25, 0.3) is 17.5 Å². The largest absolute Gasteiger partial charge is 0.505 e. The molecule has 13 heteroatoms. The van der Waals surface area contributed by atoms with Crippen LogP contribution in [0.2, 0.25) is 0 Å². The van der Waals surface area contributed by atoms with Gasteiger partial charge in [-0.15, -0.1) is 23.2 Å². The molecule has 0 radical (unpaired) electrons. The number of nitro groups is 1. The highest BCUT2D eigenvalue weighted by atomic mass is 35.5. The van der Waals surface area contributed by atoms with Crippen molar-refractivity contribution in [3.05, 3.63) is 75.6 Å². The van der Waals surface area contributed by atoms with Crippen LogP contribution in [0.1, 0.15) is 24.3 Å². The van der Waals surface area contributed by atoms with Gasteiger partial charge in [0.2, 0.25) is 11.8 Å². The summed E-state index contributed by atoms with van der Waals surface area (Å²) >= 11 is 14.0. The Balaban J connectivity index is 1.50. The smallest absolute Gasteiger partial charge is 0.271 e. The highest BCUT2D eigenvalue weighted by molar-refractivity contribution is 6.53. The Hall–Kier alpha value is -3.83. The Morgan fingerprint density at radius 3 is 2.45 bits per heavy atom. The molecule has 1 N–H and O–H groups in total. The summed E-state index contributed by atoms with van der Waals surface area (Å²) in [6, 6.07) is 8.61. The van der Waals surface area contributed by atoms with Crippen LogP contribution < -0.4 is 4.90 Å². The fourth-order valence-corrected chi connectivity index (χ4v) is 7.84. The van der Waals surface area contributed by atoms with Crippen LogP contribution in [0, 0.1) is 33.7 Å². The number of allylic oxidation sites excluding steroid dienone is 2. The van der Waals surface area contributed by atoms with Gasteiger partial charge in [-0.3, -0.25) is 34.2 Å². The number of nitro benzene ring substituents is 1. The molecule has 6 atom stereocenters. The van der Waals surface area contributed by atoms with E-state index >= 15 is 0 Å². The Bertz CT molecular complexity index is 1600. The second-order valence-electron chi connectivity index (χ2n) is 10.5. The minimum Gasteiger partial charge on any atom is -0.505 e. The lowest BCUT2D eigenvalue weighted by atomic mass is 9.56. The number of likely N-dealkylation sites (tertiary alicyclic amines) is 1. The number of non-ortho nitro benzene ring substituents is 1. The minimum atomic E-state index is -2.08. The van der Waals surface area contributed by atoms with Crippen molar-refractivity contribution >= 4 is 58.2 Å². The summed E-state index contributed by atoms with van der Waals surface area (Å²) in [7, 11) is 1.24. The lowest BCUT2D eigenvalue weighted by molar-refractivity contribution is -0.384. The number of fused-ring (bicyclic) bond motifs is 4. The zero-order chi connectivity index (χ0) is 28.9. The lowest BCUT2D eigenvalue weighted by Gasteiger charge is -2.50. The number of amides is 4. The lowest BCUT2D eigenvalue weighted by Crippen LogP contribution is -2.60. The van der Waals surface area contributed by atoms with Gasteiger partial charge in [-0.1, -0.05) is 23.8 Å². The van der Waals surface area contributed by atoms with Crippen molar-refractivity contribution in [2.24, 2.45) is 17.8 Å². The Morgan fingerprint density at radius 2 is 1.77 bits per heavy atom. The molecule has 2 heterocycles. The van der Waals surface area contributed by atoms with E-state index in [-0.39, 0.29) is 29.8 Å². The van der Waals surface area contributed by atoms with Gasteiger partial charge in [0.1, 0.15) is 0 Å². The molecule has 2 saturated heterocycles. The van der Waals surface area contributed by atoms with E-state index in [0.29, 0.717) is 5.57 Å². The second kappa shape index (κ2) is 8.58. The summed E-state index contributed by atoms with van der Waals surface area (Å²) in [5.41, 5.74) is 0.348. The van der Waals surface area contributed by atoms with E-state index in [1.807, 2.05) is 0 Å². The summed E-state index contributed by atoms with van der Waals surface area (Å²) in [5, 5.41) is 21.1. The number of phenols is 1. The van der Waals surface area contributed by atoms with Crippen molar-refractivity contribution in [2.45, 2.75) is 28.5 Å². The third-order valence-electron chi connectivity index (χ3n) is 8.62. The van der Waals surface area contributed by atoms with Crippen LogP contribution in [0.3, 0.4) is 0 Å². The van der Waals surface area contributed by atoms with Gasteiger partial charge in [0, 0.05) is 25.1 Å². The van der Waals surface area contributed by atoms with E-state index in [2.05, 4.69) is 0 Å². The molecule has 40 heavy (non-hydrogen) atoms. The summed E-state index contributed by atoms with van der Waals surface area (Å²) < 4.78 is 14.6. The molecule has 0 spiro atoms. The maximum Gasteiger partial charge on any atom is 0.271 e. The highest BCUT2D eigenvalue weighted by Crippen LogP contribution is 2.65. The summed E-state index contributed by atoms with van der Waals surface area (Å²) in [6.07, 6.45) is 1.50. The molecule has 2 aliphatic carbocycles. The number of carbonyl (C=O) groups is 4. The SMILES string of the molecule is CN1C(=O)[C@]2(Cl)C[C@@H]3C(=CC[C@@H]4C(=O)N(c5cccc([N+](=O)[O-])c5)C(=O)[C@@H]43)[C@H](c3ccc(O)c(F)c3)[C@]2(Cl)C1=O. The van der Waals surface area contributed by atoms with Crippen molar-refractivity contribution < 1.29 is 33.6 Å². The number of imide groups is 2. The van der Waals surface area contributed by atoms with Crippen molar-refractivity contribution in [1.82, 2.24) is 4.90 Å². The number of alkyl halides is 2. The van der Waals surface area contributed by atoms with E-state index in [9.17, 15) is 38.8 Å². The maximum atomic E-state index is 14.6. The van der Waals surface area contributed by atoms with Crippen LogP contribution >= 0.6 is 23.2 Å². The van der Waals surface area contributed by atoms with E-state index in [1.54, 1.807) is 6.08 Å². The van der Waals surface area contributed by atoms with Crippen LogP contribution in [0.25, 0.3) is 0 Å². The number of anilines is 1. The molecule has 2 aromatic carbocycles. The van der Waals surface area contributed by atoms with Crippen LogP contribution in [0.5, 0.6) is 5.75 Å². The fourth-order valence-electron chi connectivity index (χ4n) is 6.82.